The zero-order chi connectivity index (χ0) is 8.74. The fourth-order valence-electron chi connectivity index (χ4n) is 1.07. The fraction of sp³-hybridized carbons (Fsp3) is 0.875. The summed E-state index contributed by atoms with van der Waals surface area (Å²) in [5.41, 5.74) is -0.0781. The van der Waals surface area contributed by atoms with Crippen molar-refractivity contribution in [2.24, 2.45) is 5.41 Å². The first-order valence-electron chi connectivity index (χ1n) is 3.53. The van der Waals surface area contributed by atoms with Crippen LogP contribution in [0.1, 0.15) is 6.92 Å². The van der Waals surface area contributed by atoms with Gasteiger partial charge >= 0.3 is 0 Å². The van der Waals surface area contributed by atoms with E-state index >= 15 is 0 Å². The molecule has 73 valence electrons. The Kier molecular flexibility index (Phi) is 14.5. The van der Waals surface area contributed by atoms with Crippen LogP contribution in [-0.4, -0.2) is 34.0 Å². The average molecular weight is 517 g/mol. The van der Waals surface area contributed by atoms with Crippen LogP contribution in [0, 0.1) is 12.5 Å². The SMILES string of the molecule is [CH2-]OCC(C)(COC)COC.[Rf].[Y]. The Morgan fingerprint density at radius 2 is 1.46 bits per heavy atom. The van der Waals surface area contributed by atoms with Crippen molar-refractivity contribution in [3.63, 3.8) is 0 Å². The Morgan fingerprint density at radius 3 is 1.69 bits per heavy atom. The molecule has 0 aromatic rings. The van der Waals surface area contributed by atoms with E-state index in [0.717, 1.165) is 0 Å². The number of hydrogen-bond acceptors (Lipinski definition) is 3. The van der Waals surface area contributed by atoms with Crippen molar-refractivity contribution >= 4 is 0 Å². The Balaban J connectivity index is -0.000000500. The minimum atomic E-state index is -0.0781. The number of methoxy groups -OCH3 is 2. The van der Waals surface area contributed by atoms with Gasteiger partial charge in [0.1, 0.15) is 0 Å². The Labute approximate surface area is 100 Å². The predicted molar refractivity (Wildman–Crippen MR) is 43.2 cm³/mol. The van der Waals surface area contributed by atoms with E-state index in [2.05, 4.69) is 7.11 Å². The molecular weight excluding hydrogens is 500 g/mol. The summed E-state index contributed by atoms with van der Waals surface area (Å²) in [6, 6.07) is 0. The fourth-order valence-corrected chi connectivity index (χ4v) is 1.07. The van der Waals surface area contributed by atoms with Gasteiger partial charge in [0.05, 0.1) is 13.2 Å². The average Bonchev–Trinajstić information content (AvgIpc) is 1.88. The molecule has 0 aromatic heterocycles. The molecule has 0 saturated heterocycles. The molecule has 0 atom stereocenters. The van der Waals surface area contributed by atoms with E-state index in [1.807, 2.05) is 6.92 Å². The van der Waals surface area contributed by atoms with Gasteiger partial charge in [0, 0.05) is 59.0 Å². The monoisotopic (exact) mass is 517 g/mol. The third-order valence-electron chi connectivity index (χ3n) is 1.44. The van der Waals surface area contributed by atoms with E-state index in [1.165, 1.54) is 0 Å². The summed E-state index contributed by atoms with van der Waals surface area (Å²) in [5, 5.41) is 0. The van der Waals surface area contributed by atoms with Crippen LogP contribution in [0.4, 0.5) is 0 Å². The van der Waals surface area contributed by atoms with Gasteiger partial charge in [0.25, 0.3) is 0 Å². The minimum absolute atomic E-state index is 0. The smallest absolute Gasteiger partial charge is 0.0559 e. The van der Waals surface area contributed by atoms with Gasteiger partial charge in [-0.05, 0) is 0 Å². The van der Waals surface area contributed by atoms with Gasteiger partial charge in [-0.15, -0.1) is 0 Å². The van der Waals surface area contributed by atoms with Crippen LogP contribution in [0.25, 0.3) is 0 Å². The van der Waals surface area contributed by atoms with Gasteiger partial charge in [0.15, 0.2) is 0 Å². The van der Waals surface area contributed by atoms with Crippen LogP contribution in [-0.2, 0) is 46.9 Å². The van der Waals surface area contributed by atoms with Gasteiger partial charge in [-0.25, -0.2) is 7.11 Å². The largest absolute Gasteiger partial charge is 0.554 e. The van der Waals surface area contributed by atoms with Crippen LogP contribution in [0.3, 0.4) is 0 Å². The molecule has 0 fully saturated rings. The number of ether oxygens (including phenoxy) is 3. The van der Waals surface area contributed by atoms with Crippen molar-refractivity contribution in [3.8, 4) is 0 Å². The molecule has 13 heavy (non-hydrogen) atoms. The van der Waals surface area contributed by atoms with Crippen molar-refractivity contribution in [2.45, 2.75) is 6.92 Å². The maximum atomic E-state index is 5.02. The van der Waals surface area contributed by atoms with Gasteiger partial charge in [-0.1, -0.05) is 6.92 Å². The molecule has 0 bridgehead atoms. The van der Waals surface area contributed by atoms with E-state index in [1.54, 1.807) is 14.2 Å². The predicted octanol–water partition coefficient (Wildman–Crippen LogP) is 1.09. The van der Waals surface area contributed by atoms with E-state index in [0.29, 0.717) is 19.8 Å². The van der Waals surface area contributed by atoms with Gasteiger partial charge in [0.2, 0.25) is 0 Å². The van der Waals surface area contributed by atoms with Crippen molar-refractivity contribution in [1.82, 2.24) is 0 Å². The molecule has 0 aliphatic carbocycles. The van der Waals surface area contributed by atoms with E-state index in [9.17, 15) is 0 Å². The molecule has 0 saturated carbocycles. The molecule has 0 rings (SSSR count). The summed E-state index contributed by atoms with van der Waals surface area (Å²) in [6.45, 7) is 3.83. The molecule has 3 nitrogen and oxygen atoms in total. The first-order chi connectivity index (χ1) is 5.18. The second-order valence-electron chi connectivity index (χ2n) is 3.03. The summed E-state index contributed by atoms with van der Waals surface area (Å²) in [7, 11) is 6.65. The van der Waals surface area contributed by atoms with Crippen molar-refractivity contribution in [3.05, 3.63) is 7.11 Å². The van der Waals surface area contributed by atoms with E-state index in [4.69, 9.17) is 14.2 Å². The standard InChI is InChI=1S/C8H17O3.Rf.Y/c1-8(5-9-2,6-10-3)7-11-4;;/h2,5-7H2,1,3-4H3;;/q-1;;. The summed E-state index contributed by atoms with van der Waals surface area (Å²) in [4.78, 5) is 0. The molecule has 5 heteroatoms. The van der Waals surface area contributed by atoms with E-state index in [-0.39, 0.29) is 38.1 Å². The summed E-state index contributed by atoms with van der Waals surface area (Å²) in [6.07, 6.45) is 0. The molecular formula is C8H17O3RfY-. The first-order valence-corrected chi connectivity index (χ1v) is 3.53. The van der Waals surface area contributed by atoms with Crippen LogP contribution >= 0.6 is 0 Å². The van der Waals surface area contributed by atoms with Crippen molar-refractivity contribution < 1.29 is 46.9 Å². The topological polar surface area (TPSA) is 27.7 Å². The van der Waals surface area contributed by atoms with E-state index < -0.39 is 0 Å². The molecule has 0 amide bonds. The quantitative estimate of drug-likeness (QED) is 0.495. The zero-order valence-corrected chi connectivity index (χ0v) is 18.1. The van der Waals surface area contributed by atoms with Crippen LogP contribution in [0.2, 0.25) is 0 Å². The van der Waals surface area contributed by atoms with Gasteiger partial charge < -0.3 is 14.2 Å². The van der Waals surface area contributed by atoms with Crippen LogP contribution in [0.15, 0.2) is 0 Å². The second kappa shape index (κ2) is 10.1. The molecule has 0 aromatic carbocycles. The molecule has 0 heterocycles. The third kappa shape index (κ3) is 8.32. The Morgan fingerprint density at radius 1 is 1.08 bits per heavy atom. The Hall–Kier alpha value is -0.0161. The van der Waals surface area contributed by atoms with Crippen molar-refractivity contribution in [2.75, 3.05) is 34.0 Å². The zero-order valence-electron chi connectivity index (χ0n) is 8.84. The molecule has 0 spiro atoms. The van der Waals surface area contributed by atoms with Crippen LogP contribution < -0.4 is 0 Å². The first kappa shape index (κ1) is 18.7. The van der Waals surface area contributed by atoms with Gasteiger partial charge in [-0.2, -0.15) is 0 Å². The third-order valence-corrected chi connectivity index (χ3v) is 1.44. The summed E-state index contributed by atoms with van der Waals surface area (Å²) < 4.78 is 14.9. The maximum absolute atomic E-state index is 5.02. The second-order valence-corrected chi connectivity index (χ2v) is 3.03. The number of hydrogen-bond donors (Lipinski definition) is 0. The Bertz CT molecular complexity index is 86.4. The summed E-state index contributed by atoms with van der Waals surface area (Å²) >= 11 is 0. The molecule has 0 N–H and O–H groups in total. The molecule has 0 unspecified atom stereocenters. The number of rotatable bonds is 6. The summed E-state index contributed by atoms with van der Waals surface area (Å²) in [5.74, 6) is 0. The minimum Gasteiger partial charge on any atom is -0.554 e. The van der Waals surface area contributed by atoms with Gasteiger partial charge in [-0.3, -0.25) is 0 Å². The molecule has 0 aliphatic heterocycles. The van der Waals surface area contributed by atoms with Crippen molar-refractivity contribution in [1.29, 1.82) is 0 Å². The van der Waals surface area contributed by atoms with Crippen LogP contribution in [0.5, 0.6) is 0 Å². The normalized spacial score (nSPS) is 10.2. The molecule has 1 radical (unpaired) electrons. The molecule has 0 aliphatic rings. The maximum Gasteiger partial charge on any atom is 0.0559 e.